The number of carbonyl (C=O) groups is 2. The zero-order valence-electron chi connectivity index (χ0n) is 10.6. The van der Waals surface area contributed by atoms with Crippen molar-refractivity contribution in [3.63, 3.8) is 0 Å². The lowest BCUT2D eigenvalue weighted by Gasteiger charge is -2.23. The van der Waals surface area contributed by atoms with Crippen LogP contribution in [0.3, 0.4) is 0 Å². The molecule has 8 nitrogen and oxygen atoms in total. The minimum absolute atomic E-state index is 0.0207. The maximum absolute atomic E-state index is 11.5. The molecule has 2 unspecified atom stereocenters. The van der Waals surface area contributed by atoms with Gasteiger partial charge in [0.25, 0.3) is 0 Å². The molecule has 19 heavy (non-hydrogen) atoms. The molecule has 3 N–H and O–H groups in total. The Hall–Kier alpha value is -1.19. The Morgan fingerprint density at radius 1 is 1.53 bits per heavy atom. The third kappa shape index (κ3) is 5.53. The third-order valence-electron chi connectivity index (χ3n) is 2.70. The Morgan fingerprint density at radius 3 is 2.79 bits per heavy atom. The largest absolute Gasteiger partial charge is 0.467 e. The predicted molar refractivity (Wildman–Crippen MR) is 66.1 cm³/mol. The molecule has 1 aliphatic heterocycles. The van der Waals surface area contributed by atoms with Crippen LogP contribution in [0.25, 0.3) is 0 Å². The number of nitrogens with one attached hydrogen (secondary N) is 2. The monoisotopic (exact) mass is 294 g/mol. The molecule has 0 aromatic carbocycles. The van der Waals surface area contributed by atoms with Crippen molar-refractivity contribution in [1.82, 2.24) is 10.6 Å². The first kappa shape index (κ1) is 15.9. The van der Waals surface area contributed by atoms with E-state index in [1.807, 2.05) is 0 Å². The van der Waals surface area contributed by atoms with Crippen LogP contribution in [0, 0.1) is 0 Å². The van der Waals surface area contributed by atoms with Crippen molar-refractivity contribution in [3.05, 3.63) is 0 Å². The quantitative estimate of drug-likeness (QED) is 0.476. The zero-order chi connectivity index (χ0) is 14.5. The summed E-state index contributed by atoms with van der Waals surface area (Å²) in [5.41, 5.74) is 0. The summed E-state index contributed by atoms with van der Waals surface area (Å²) in [5.74, 6) is -1.28. The van der Waals surface area contributed by atoms with Gasteiger partial charge in [-0.15, -0.1) is 0 Å². The van der Waals surface area contributed by atoms with Gasteiger partial charge in [-0.05, 0) is 0 Å². The Morgan fingerprint density at radius 2 is 2.21 bits per heavy atom. The predicted octanol–water partition coefficient (Wildman–Crippen LogP) is -2.59. The fraction of sp³-hybridized carbons (Fsp3) is 0.800. The highest BCUT2D eigenvalue weighted by Gasteiger charge is 2.26. The number of esters is 1. The van der Waals surface area contributed by atoms with Gasteiger partial charge in [-0.25, -0.2) is 13.2 Å². The molecule has 0 saturated carbocycles. The number of ether oxygens (including phenoxy) is 1. The number of sulfone groups is 1. The topological polar surface area (TPSA) is 122 Å². The second kappa shape index (κ2) is 6.83. The fourth-order valence-electron chi connectivity index (χ4n) is 1.72. The molecule has 1 saturated heterocycles. The summed E-state index contributed by atoms with van der Waals surface area (Å²) in [7, 11) is -1.96. The van der Waals surface area contributed by atoms with Crippen molar-refractivity contribution < 1.29 is 27.9 Å². The average molecular weight is 294 g/mol. The van der Waals surface area contributed by atoms with Crippen molar-refractivity contribution in [3.8, 4) is 0 Å². The van der Waals surface area contributed by atoms with E-state index in [0.29, 0.717) is 6.54 Å². The molecular formula is C10H18N2O6S. The van der Waals surface area contributed by atoms with E-state index < -0.39 is 33.9 Å². The normalized spacial score (nSPS) is 23.4. The second-order valence-corrected chi connectivity index (χ2v) is 6.54. The molecule has 110 valence electrons. The van der Waals surface area contributed by atoms with Crippen molar-refractivity contribution in [1.29, 1.82) is 0 Å². The first-order valence-corrected chi connectivity index (χ1v) is 7.62. The Bertz CT molecular complexity index is 435. The summed E-state index contributed by atoms with van der Waals surface area (Å²) in [5, 5.41) is 14.5. The second-order valence-electron chi connectivity index (χ2n) is 4.31. The number of aliphatic hydroxyl groups is 1. The van der Waals surface area contributed by atoms with Crippen molar-refractivity contribution in [2.24, 2.45) is 0 Å². The Balaban J connectivity index is 2.33. The molecular weight excluding hydrogens is 276 g/mol. The highest BCUT2D eigenvalue weighted by Crippen LogP contribution is 2.04. The molecule has 9 heteroatoms. The van der Waals surface area contributed by atoms with Crippen LogP contribution >= 0.6 is 0 Å². The standard InChI is InChI=1S/C10H18N2O6S/c1-18-10(15)8(13)5-12-9(14)4-7-6-19(16,17)3-2-11-7/h7-8,11,13H,2-6H2,1H3,(H,12,14). The number of hydrogen-bond acceptors (Lipinski definition) is 7. The van der Waals surface area contributed by atoms with Crippen LogP contribution in [-0.4, -0.2) is 69.3 Å². The van der Waals surface area contributed by atoms with Gasteiger partial charge in [0.15, 0.2) is 15.9 Å². The van der Waals surface area contributed by atoms with Gasteiger partial charge in [-0.1, -0.05) is 0 Å². The van der Waals surface area contributed by atoms with E-state index in [9.17, 15) is 23.1 Å². The molecule has 1 aliphatic rings. The first-order valence-electron chi connectivity index (χ1n) is 5.80. The summed E-state index contributed by atoms with van der Waals surface area (Å²) >= 11 is 0. The van der Waals surface area contributed by atoms with Crippen LogP contribution in [-0.2, 0) is 24.2 Å². The summed E-state index contributed by atoms with van der Waals surface area (Å²) < 4.78 is 27.0. The van der Waals surface area contributed by atoms with Crippen LogP contribution in [0.4, 0.5) is 0 Å². The van der Waals surface area contributed by atoms with Crippen LogP contribution in [0.5, 0.6) is 0 Å². The van der Waals surface area contributed by atoms with E-state index in [1.54, 1.807) is 0 Å². The molecule has 0 bridgehead atoms. The van der Waals surface area contributed by atoms with E-state index in [2.05, 4.69) is 15.4 Å². The number of methoxy groups -OCH3 is 1. The van der Waals surface area contributed by atoms with Gasteiger partial charge in [0.1, 0.15) is 0 Å². The summed E-state index contributed by atoms with van der Waals surface area (Å²) in [6.45, 7) is 0.0655. The SMILES string of the molecule is COC(=O)C(O)CNC(=O)CC1CS(=O)(=O)CCN1. The summed E-state index contributed by atoms with van der Waals surface area (Å²) in [6, 6.07) is -0.436. The molecule has 1 rings (SSSR count). The maximum Gasteiger partial charge on any atom is 0.336 e. The summed E-state index contributed by atoms with van der Waals surface area (Å²) in [6.07, 6.45) is -1.44. The van der Waals surface area contributed by atoms with E-state index in [-0.39, 0.29) is 24.5 Å². The minimum Gasteiger partial charge on any atom is -0.467 e. The van der Waals surface area contributed by atoms with Gasteiger partial charge in [0.05, 0.1) is 25.2 Å². The number of aliphatic hydroxyl groups excluding tert-OH is 1. The zero-order valence-corrected chi connectivity index (χ0v) is 11.4. The van der Waals surface area contributed by atoms with Crippen LogP contribution in [0.1, 0.15) is 6.42 Å². The lowest BCUT2D eigenvalue weighted by Crippen LogP contribution is -2.48. The Kier molecular flexibility index (Phi) is 5.70. The number of amides is 1. The Labute approximate surface area is 111 Å². The lowest BCUT2D eigenvalue weighted by atomic mass is 10.2. The molecule has 1 fully saturated rings. The van der Waals surface area contributed by atoms with Crippen molar-refractivity contribution in [2.75, 3.05) is 31.7 Å². The third-order valence-corrected chi connectivity index (χ3v) is 4.44. The van der Waals surface area contributed by atoms with Crippen LogP contribution < -0.4 is 10.6 Å². The minimum atomic E-state index is -3.09. The number of carbonyl (C=O) groups excluding carboxylic acids is 2. The molecule has 0 aromatic heterocycles. The molecule has 0 spiro atoms. The van der Waals surface area contributed by atoms with E-state index >= 15 is 0 Å². The highest BCUT2D eigenvalue weighted by molar-refractivity contribution is 7.91. The fourth-order valence-corrected chi connectivity index (χ4v) is 3.17. The van der Waals surface area contributed by atoms with E-state index in [1.165, 1.54) is 0 Å². The van der Waals surface area contributed by atoms with Gasteiger partial charge >= 0.3 is 5.97 Å². The first-order chi connectivity index (χ1) is 8.84. The summed E-state index contributed by atoms with van der Waals surface area (Å²) in [4.78, 5) is 22.4. The van der Waals surface area contributed by atoms with Gasteiger partial charge in [-0.3, -0.25) is 4.79 Å². The van der Waals surface area contributed by atoms with Crippen LogP contribution in [0.15, 0.2) is 0 Å². The van der Waals surface area contributed by atoms with Crippen molar-refractivity contribution in [2.45, 2.75) is 18.6 Å². The maximum atomic E-state index is 11.5. The van der Waals surface area contributed by atoms with Gasteiger partial charge in [-0.2, -0.15) is 0 Å². The molecule has 1 amide bonds. The van der Waals surface area contributed by atoms with Gasteiger partial charge in [0.2, 0.25) is 5.91 Å². The number of hydrogen-bond donors (Lipinski definition) is 3. The molecule has 0 radical (unpaired) electrons. The highest BCUT2D eigenvalue weighted by atomic mass is 32.2. The molecule has 2 atom stereocenters. The molecule has 0 aromatic rings. The molecule has 0 aliphatic carbocycles. The van der Waals surface area contributed by atoms with Gasteiger partial charge < -0.3 is 20.5 Å². The average Bonchev–Trinajstić information content (AvgIpc) is 2.33. The molecule has 1 heterocycles. The van der Waals surface area contributed by atoms with E-state index in [4.69, 9.17) is 0 Å². The smallest absolute Gasteiger partial charge is 0.336 e. The van der Waals surface area contributed by atoms with Gasteiger partial charge in [0, 0.05) is 19.0 Å². The van der Waals surface area contributed by atoms with Crippen LogP contribution in [0.2, 0.25) is 0 Å². The van der Waals surface area contributed by atoms with Crippen molar-refractivity contribution >= 4 is 21.7 Å². The number of rotatable bonds is 5. The lowest BCUT2D eigenvalue weighted by molar-refractivity contribution is -0.150. The van der Waals surface area contributed by atoms with E-state index in [0.717, 1.165) is 7.11 Å².